The number of furan rings is 2. The van der Waals surface area contributed by atoms with E-state index in [1.165, 1.54) is 44.5 Å². The van der Waals surface area contributed by atoms with Crippen molar-refractivity contribution in [2.45, 2.75) is 39.5 Å². The number of hydrogen-bond donors (Lipinski definition) is 0. The molecule has 258 valence electrons. The molecule has 8 aromatic rings. The number of allylic oxidation sites excluding steroid dienone is 7. The Kier molecular flexibility index (Phi) is 6.87. The maximum absolute atomic E-state index is 6.62. The molecule has 5 nitrogen and oxygen atoms in total. The number of hydrogen-bond acceptors (Lipinski definition) is 5. The molecule has 3 aliphatic rings. The van der Waals surface area contributed by atoms with E-state index in [1.54, 1.807) is 0 Å². The molecular formula is C49H35N3O2. The second kappa shape index (κ2) is 12.0. The summed E-state index contributed by atoms with van der Waals surface area (Å²) < 4.78 is 13.1. The van der Waals surface area contributed by atoms with Gasteiger partial charge in [-0.3, -0.25) is 0 Å². The smallest absolute Gasteiger partial charge is 0.167 e. The Morgan fingerprint density at radius 2 is 1.35 bits per heavy atom. The highest BCUT2D eigenvalue weighted by Crippen LogP contribution is 2.46. The molecule has 0 N–H and O–H groups in total. The predicted molar refractivity (Wildman–Crippen MR) is 219 cm³/mol. The molecule has 54 heavy (non-hydrogen) atoms. The average Bonchev–Trinajstić information content (AvgIpc) is 3.79. The van der Waals surface area contributed by atoms with E-state index in [0.29, 0.717) is 17.5 Å². The van der Waals surface area contributed by atoms with Crippen LogP contribution in [0.2, 0.25) is 0 Å². The summed E-state index contributed by atoms with van der Waals surface area (Å²) in [4.78, 5) is 15.5. The molecule has 0 aliphatic heterocycles. The Morgan fingerprint density at radius 3 is 2.26 bits per heavy atom. The molecule has 0 radical (unpaired) electrons. The highest BCUT2D eigenvalue weighted by atomic mass is 16.3. The first kappa shape index (κ1) is 31.0. The molecule has 3 aromatic heterocycles. The molecule has 5 aromatic carbocycles. The van der Waals surface area contributed by atoms with Gasteiger partial charge in [0.05, 0.1) is 5.56 Å². The zero-order chi connectivity index (χ0) is 35.9. The lowest BCUT2D eigenvalue weighted by Crippen LogP contribution is -2.11. The molecule has 0 saturated carbocycles. The van der Waals surface area contributed by atoms with Crippen LogP contribution in [0, 0.1) is 6.92 Å². The fraction of sp³-hybridized carbons (Fsp3) is 0.122. The molecular weight excluding hydrogens is 663 g/mol. The summed E-state index contributed by atoms with van der Waals surface area (Å²) in [6.07, 6.45) is 13.1. The molecule has 0 atom stereocenters. The van der Waals surface area contributed by atoms with E-state index in [0.717, 1.165) is 86.6 Å². The van der Waals surface area contributed by atoms with Gasteiger partial charge in [-0.25, -0.2) is 15.0 Å². The molecule has 0 fully saturated rings. The van der Waals surface area contributed by atoms with Gasteiger partial charge in [0.1, 0.15) is 22.5 Å². The lowest BCUT2D eigenvalue weighted by molar-refractivity contribution is 0.548. The Bertz CT molecular complexity index is 3010. The van der Waals surface area contributed by atoms with E-state index < -0.39 is 0 Å². The number of aryl methyl sites for hydroxylation is 2. The maximum atomic E-state index is 6.62. The molecule has 5 heteroatoms. The topological polar surface area (TPSA) is 65.0 Å². The summed E-state index contributed by atoms with van der Waals surface area (Å²) in [5.74, 6) is 2.77. The first-order valence-corrected chi connectivity index (χ1v) is 18.8. The van der Waals surface area contributed by atoms with Crippen molar-refractivity contribution < 1.29 is 8.83 Å². The van der Waals surface area contributed by atoms with Crippen LogP contribution in [0.25, 0.3) is 84.3 Å². The van der Waals surface area contributed by atoms with Gasteiger partial charge in [-0.1, -0.05) is 103 Å². The molecule has 3 aliphatic carbocycles. The summed E-state index contributed by atoms with van der Waals surface area (Å²) in [5, 5.41) is 3.13. The molecule has 0 bridgehead atoms. The number of rotatable bonds is 4. The van der Waals surface area contributed by atoms with E-state index in [2.05, 4.69) is 74.5 Å². The van der Waals surface area contributed by atoms with Gasteiger partial charge < -0.3 is 8.83 Å². The maximum Gasteiger partial charge on any atom is 0.167 e. The van der Waals surface area contributed by atoms with Gasteiger partial charge >= 0.3 is 0 Å². The molecule has 0 spiro atoms. The van der Waals surface area contributed by atoms with Crippen molar-refractivity contribution in [3.63, 3.8) is 0 Å². The SMILES string of the molecule is CC1=C2C(=CCc3c(C4=Cc5c(oc6cccc(-c7nc(-c8ccccc8)nc(-c8cccc9c8oc8ccccc89)n7)c56)CC4)ccc(C)c32)CC=C1. The van der Waals surface area contributed by atoms with Crippen molar-refractivity contribution in [1.29, 1.82) is 0 Å². The van der Waals surface area contributed by atoms with Crippen LogP contribution in [0.1, 0.15) is 53.3 Å². The number of para-hydroxylation sites is 2. The van der Waals surface area contributed by atoms with Gasteiger partial charge in [0.15, 0.2) is 17.5 Å². The van der Waals surface area contributed by atoms with Gasteiger partial charge in [-0.2, -0.15) is 0 Å². The van der Waals surface area contributed by atoms with Crippen LogP contribution in [0.3, 0.4) is 0 Å². The van der Waals surface area contributed by atoms with Crippen molar-refractivity contribution >= 4 is 50.1 Å². The van der Waals surface area contributed by atoms with Gasteiger partial charge in [0.25, 0.3) is 0 Å². The minimum absolute atomic E-state index is 0.565. The van der Waals surface area contributed by atoms with Crippen LogP contribution >= 0.6 is 0 Å². The zero-order valence-corrected chi connectivity index (χ0v) is 30.1. The van der Waals surface area contributed by atoms with Gasteiger partial charge in [0.2, 0.25) is 0 Å². The third-order valence-electron chi connectivity index (χ3n) is 11.4. The fourth-order valence-corrected chi connectivity index (χ4v) is 8.90. The Morgan fingerprint density at radius 1 is 0.593 bits per heavy atom. The second-order valence-electron chi connectivity index (χ2n) is 14.6. The first-order valence-electron chi connectivity index (χ1n) is 18.8. The number of benzene rings is 5. The Hall–Kier alpha value is -6.59. The number of aromatic nitrogens is 3. The van der Waals surface area contributed by atoms with E-state index >= 15 is 0 Å². The summed E-state index contributed by atoms with van der Waals surface area (Å²) in [7, 11) is 0. The minimum Gasteiger partial charge on any atom is -0.460 e. The van der Waals surface area contributed by atoms with E-state index in [-0.39, 0.29) is 0 Å². The lowest BCUT2D eigenvalue weighted by atomic mass is 9.75. The molecule has 0 amide bonds. The van der Waals surface area contributed by atoms with Crippen LogP contribution in [0.4, 0.5) is 0 Å². The third kappa shape index (κ3) is 4.74. The van der Waals surface area contributed by atoms with E-state index in [1.807, 2.05) is 66.7 Å². The lowest BCUT2D eigenvalue weighted by Gasteiger charge is -2.29. The van der Waals surface area contributed by atoms with Crippen LogP contribution in [0.15, 0.2) is 141 Å². The summed E-state index contributed by atoms with van der Waals surface area (Å²) in [6, 6.07) is 35.3. The van der Waals surface area contributed by atoms with Crippen LogP contribution in [0.5, 0.6) is 0 Å². The molecule has 3 heterocycles. The summed E-state index contributed by atoms with van der Waals surface area (Å²) >= 11 is 0. The van der Waals surface area contributed by atoms with Crippen LogP contribution < -0.4 is 0 Å². The quantitative estimate of drug-likeness (QED) is 0.183. The minimum atomic E-state index is 0.565. The monoisotopic (exact) mass is 697 g/mol. The number of fused-ring (bicyclic) bond motifs is 9. The number of nitrogens with zero attached hydrogens (tertiary/aromatic N) is 3. The Labute approximate surface area is 312 Å². The normalized spacial score (nSPS) is 15.0. The fourth-order valence-electron chi connectivity index (χ4n) is 8.90. The zero-order valence-electron chi connectivity index (χ0n) is 30.1. The van der Waals surface area contributed by atoms with Gasteiger partial charge in [0, 0.05) is 39.3 Å². The average molecular weight is 698 g/mol. The summed E-state index contributed by atoms with van der Waals surface area (Å²) in [5.41, 5.74) is 17.3. The Balaban J connectivity index is 1.11. The first-order chi connectivity index (χ1) is 26.6. The second-order valence-corrected chi connectivity index (χ2v) is 14.6. The standard InChI is InChI=1S/C49H35N3O2/c1-28-11-8-14-30-22-25-35-33(24-21-29(2)44(35)43(28)30)32-23-26-41-39(27-32)45-37(17-10-20-42(45)53-41)48-50-47(31-12-4-3-5-13-31)51-49(52-48)38-18-9-16-36-34-15-6-7-19-40(34)54-46(36)38/h3-13,15-22,24,27H,14,23,25-26H2,1-2H3. The largest absolute Gasteiger partial charge is 0.460 e. The predicted octanol–water partition coefficient (Wildman–Crippen LogP) is 12.5. The van der Waals surface area contributed by atoms with Gasteiger partial charge in [-0.05, 0) is 102 Å². The van der Waals surface area contributed by atoms with Crippen LogP contribution in [-0.4, -0.2) is 15.0 Å². The molecule has 0 unspecified atom stereocenters. The van der Waals surface area contributed by atoms with E-state index in [4.69, 9.17) is 23.8 Å². The van der Waals surface area contributed by atoms with E-state index in [9.17, 15) is 0 Å². The summed E-state index contributed by atoms with van der Waals surface area (Å²) in [6.45, 7) is 4.51. The van der Waals surface area contributed by atoms with Gasteiger partial charge in [-0.15, -0.1) is 0 Å². The van der Waals surface area contributed by atoms with Crippen molar-refractivity contribution in [1.82, 2.24) is 15.0 Å². The van der Waals surface area contributed by atoms with Crippen molar-refractivity contribution in [2.24, 2.45) is 0 Å². The van der Waals surface area contributed by atoms with Crippen molar-refractivity contribution in [3.05, 3.63) is 166 Å². The van der Waals surface area contributed by atoms with Crippen molar-refractivity contribution in [2.75, 3.05) is 0 Å². The van der Waals surface area contributed by atoms with Crippen LogP contribution in [-0.2, 0) is 12.8 Å². The molecule has 11 rings (SSSR count). The highest BCUT2D eigenvalue weighted by Gasteiger charge is 2.28. The third-order valence-corrected chi connectivity index (χ3v) is 11.4. The molecule has 0 saturated heterocycles. The highest BCUT2D eigenvalue weighted by molar-refractivity contribution is 6.09. The van der Waals surface area contributed by atoms with Crippen molar-refractivity contribution in [3.8, 4) is 34.2 Å².